The van der Waals surface area contributed by atoms with E-state index in [-0.39, 0.29) is 11.8 Å². The molecular formula is C23H27N3O2S. The van der Waals surface area contributed by atoms with E-state index in [1.807, 2.05) is 24.3 Å². The molecular weight excluding hydrogens is 382 g/mol. The minimum absolute atomic E-state index is 0.0201. The normalized spacial score (nSPS) is 16.8. The van der Waals surface area contributed by atoms with Gasteiger partial charge < -0.3 is 15.0 Å². The topological polar surface area (TPSA) is 54.5 Å². The van der Waals surface area contributed by atoms with Crippen LogP contribution in [0.2, 0.25) is 0 Å². The highest BCUT2D eigenvalue weighted by molar-refractivity contribution is 7.22. The maximum Gasteiger partial charge on any atom is 0.225 e. The summed E-state index contributed by atoms with van der Waals surface area (Å²) < 4.78 is 6.60. The molecule has 5 nitrogen and oxygen atoms in total. The van der Waals surface area contributed by atoms with Crippen molar-refractivity contribution in [3.05, 3.63) is 53.1 Å². The first-order chi connectivity index (χ1) is 14.0. The van der Waals surface area contributed by atoms with Crippen molar-refractivity contribution >= 4 is 32.6 Å². The molecule has 2 heterocycles. The summed E-state index contributed by atoms with van der Waals surface area (Å²) in [7, 11) is 1.65. The fraction of sp³-hybridized carbons (Fsp3) is 0.391. The molecule has 1 aliphatic rings. The van der Waals surface area contributed by atoms with E-state index in [1.165, 1.54) is 15.8 Å². The number of aryl methyl sites for hydroxylation is 2. The maximum atomic E-state index is 12.8. The number of carbonyl (C=O) groups is 1. The number of anilines is 1. The lowest BCUT2D eigenvalue weighted by Gasteiger charge is -2.31. The molecule has 6 heteroatoms. The van der Waals surface area contributed by atoms with Crippen LogP contribution in [0.4, 0.5) is 5.13 Å². The molecule has 2 aromatic carbocycles. The van der Waals surface area contributed by atoms with Gasteiger partial charge in [0.15, 0.2) is 5.13 Å². The van der Waals surface area contributed by atoms with Gasteiger partial charge in [0, 0.05) is 25.2 Å². The Labute approximate surface area is 175 Å². The first kappa shape index (κ1) is 19.7. The lowest BCUT2D eigenvalue weighted by atomic mass is 9.97. The molecule has 1 aliphatic heterocycles. The number of hydrogen-bond donors (Lipinski definition) is 1. The van der Waals surface area contributed by atoms with Gasteiger partial charge in [0.1, 0.15) is 5.75 Å². The predicted molar refractivity (Wildman–Crippen MR) is 119 cm³/mol. The van der Waals surface area contributed by atoms with E-state index in [4.69, 9.17) is 9.72 Å². The summed E-state index contributed by atoms with van der Waals surface area (Å²) in [5.74, 6) is 0.889. The smallest absolute Gasteiger partial charge is 0.225 e. The number of nitrogens with zero attached hydrogens (tertiary/aromatic N) is 2. The second-order valence-electron chi connectivity index (χ2n) is 7.74. The Bertz CT molecular complexity index is 1030. The number of fused-ring (bicyclic) bond motifs is 1. The number of nitrogens with one attached hydrogen (secondary N) is 1. The highest BCUT2D eigenvalue weighted by Gasteiger charge is 2.27. The number of hydrogen-bond acceptors (Lipinski definition) is 5. The average Bonchev–Trinajstić information content (AvgIpc) is 3.17. The quantitative estimate of drug-likeness (QED) is 0.676. The molecule has 3 aromatic rings. The van der Waals surface area contributed by atoms with Crippen molar-refractivity contribution < 1.29 is 9.53 Å². The Morgan fingerprint density at radius 2 is 2.14 bits per heavy atom. The third kappa shape index (κ3) is 4.22. The van der Waals surface area contributed by atoms with Gasteiger partial charge in [-0.15, -0.1) is 0 Å². The van der Waals surface area contributed by atoms with Gasteiger partial charge in [0.25, 0.3) is 0 Å². The fourth-order valence-corrected chi connectivity index (χ4v) is 5.21. The number of ether oxygens (including phenoxy) is 1. The molecule has 0 radical (unpaired) electrons. The van der Waals surface area contributed by atoms with E-state index in [1.54, 1.807) is 18.4 Å². The third-order valence-corrected chi connectivity index (χ3v) is 6.59. The minimum atomic E-state index is -0.0201. The van der Waals surface area contributed by atoms with Crippen molar-refractivity contribution in [2.45, 2.75) is 33.2 Å². The van der Waals surface area contributed by atoms with Crippen molar-refractivity contribution in [3.63, 3.8) is 0 Å². The van der Waals surface area contributed by atoms with Gasteiger partial charge >= 0.3 is 0 Å². The highest BCUT2D eigenvalue weighted by atomic mass is 32.1. The monoisotopic (exact) mass is 409 g/mol. The minimum Gasteiger partial charge on any atom is -0.496 e. The van der Waals surface area contributed by atoms with Crippen molar-refractivity contribution in [1.29, 1.82) is 0 Å². The number of carbonyl (C=O) groups excluding carboxylic acids is 1. The zero-order valence-electron chi connectivity index (χ0n) is 17.2. The number of piperidine rings is 1. The summed E-state index contributed by atoms with van der Waals surface area (Å²) in [4.78, 5) is 20.0. The lowest BCUT2D eigenvalue weighted by molar-refractivity contribution is -0.125. The van der Waals surface area contributed by atoms with Crippen LogP contribution < -0.4 is 15.0 Å². The molecule has 0 unspecified atom stereocenters. The van der Waals surface area contributed by atoms with E-state index in [0.29, 0.717) is 6.54 Å². The predicted octanol–water partition coefficient (Wildman–Crippen LogP) is 4.45. The number of amides is 1. The summed E-state index contributed by atoms with van der Waals surface area (Å²) in [6, 6.07) is 12.2. The fourth-order valence-electron chi connectivity index (χ4n) is 4.03. The molecule has 0 bridgehead atoms. The Morgan fingerprint density at radius 1 is 1.31 bits per heavy atom. The van der Waals surface area contributed by atoms with Gasteiger partial charge in [-0.25, -0.2) is 4.98 Å². The number of para-hydroxylation sites is 1. The van der Waals surface area contributed by atoms with Crippen LogP contribution in [-0.2, 0) is 11.3 Å². The second-order valence-corrected chi connectivity index (χ2v) is 8.75. The van der Waals surface area contributed by atoms with Gasteiger partial charge in [-0.2, -0.15) is 0 Å². The van der Waals surface area contributed by atoms with Gasteiger partial charge in [-0.1, -0.05) is 35.6 Å². The third-order valence-electron chi connectivity index (χ3n) is 5.53. The first-order valence-corrected chi connectivity index (χ1v) is 10.9. The highest BCUT2D eigenvalue weighted by Crippen LogP contribution is 2.33. The van der Waals surface area contributed by atoms with E-state index < -0.39 is 0 Å². The maximum absolute atomic E-state index is 12.8. The summed E-state index contributed by atoms with van der Waals surface area (Å²) in [6.07, 6.45) is 1.91. The molecule has 29 heavy (non-hydrogen) atoms. The van der Waals surface area contributed by atoms with E-state index in [0.717, 1.165) is 47.9 Å². The Morgan fingerprint density at radius 3 is 2.97 bits per heavy atom. The molecule has 1 N–H and O–H groups in total. The zero-order chi connectivity index (χ0) is 20.4. The van der Waals surface area contributed by atoms with Crippen molar-refractivity contribution in [3.8, 4) is 5.75 Å². The van der Waals surface area contributed by atoms with E-state index in [9.17, 15) is 4.79 Å². The van der Waals surface area contributed by atoms with Gasteiger partial charge in [0.2, 0.25) is 5.91 Å². The van der Waals surface area contributed by atoms with Crippen LogP contribution in [0.1, 0.15) is 29.5 Å². The van der Waals surface area contributed by atoms with Gasteiger partial charge in [0.05, 0.1) is 23.2 Å². The van der Waals surface area contributed by atoms with Crippen LogP contribution in [0.5, 0.6) is 5.75 Å². The number of methoxy groups -OCH3 is 1. The van der Waals surface area contributed by atoms with Gasteiger partial charge in [-0.3, -0.25) is 4.79 Å². The average molecular weight is 410 g/mol. The summed E-state index contributed by atoms with van der Waals surface area (Å²) in [6.45, 7) is 6.39. The second kappa shape index (κ2) is 8.41. The molecule has 1 saturated heterocycles. The Balaban J connectivity index is 1.44. The molecule has 1 atom stereocenters. The van der Waals surface area contributed by atoms with Crippen LogP contribution in [0.3, 0.4) is 0 Å². The largest absolute Gasteiger partial charge is 0.496 e. The van der Waals surface area contributed by atoms with E-state index in [2.05, 4.69) is 36.2 Å². The van der Waals surface area contributed by atoms with E-state index >= 15 is 0 Å². The SMILES string of the molecule is COc1ccccc1CNC(=O)[C@H]1CCCN(c2nc3c(C)cc(C)cc3s2)C1. The van der Waals surface area contributed by atoms with Gasteiger partial charge in [-0.05, 0) is 49.9 Å². The standard InChI is InChI=1S/C23H27N3O2S/c1-15-11-16(2)21-20(12-15)29-23(25-21)26-10-6-8-18(14-26)22(27)24-13-17-7-4-5-9-19(17)28-3/h4-5,7,9,11-12,18H,6,8,10,13-14H2,1-3H3,(H,24,27)/t18-/m0/s1. The molecule has 4 rings (SSSR count). The molecule has 0 aliphatic carbocycles. The summed E-state index contributed by atoms with van der Waals surface area (Å²) in [5.41, 5.74) is 4.55. The van der Waals surface area contributed by atoms with Crippen LogP contribution in [0.15, 0.2) is 36.4 Å². The molecule has 1 aromatic heterocycles. The van der Waals surface area contributed by atoms with Crippen molar-refractivity contribution in [2.75, 3.05) is 25.1 Å². The molecule has 152 valence electrons. The zero-order valence-corrected chi connectivity index (χ0v) is 18.0. The molecule has 1 amide bonds. The lowest BCUT2D eigenvalue weighted by Crippen LogP contribution is -2.43. The van der Waals surface area contributed by atoms with Crippen LogP contribution in [0.25, 0.3) is 10.2 Å². The number of benzene rings is 2. The first-order valence-electron chi connectivity index (χ1n) is 10.1. The van der Waals surface area contributed by atoms with Crippen molar-refractivity contribution in [2.24, 2.45) is 5.92 Å². The van der Waals surface area contributed by atoms with Crippen LogP contribution in [0, 0.1) is 19.8 Å². The molecule has 1 fully saturated rings. The number of aromatic nitrogens is 1. The Kier molecular flexibility index (Phi) is 5.72. The Hall–Kier alpha value is -2.60. The number of rotatable bonds is 5. The number of thiazole rings is 1. The van der Waals surface area contributed by atoms with Crippen molar-refractivity contribution in [1.82, 2.24) is 10.3 Å². The van der Waals surface area contributed by atoms with Crippen LogP contribution in [-0.4, -0.2) is 31.1 Å². The van der Waals surface area contributed by atoms with Crippen LogP contribution >= 0.6 is 11.3 Å². The summed E-state index contributed by atoms with van der Waals surface area (Å²) >= 11 is 1.73. The summed E-state index contributed by atoms with van der Waals surface area (Å²) in [5, 5.41) is 4.12. The molecule has 0 spiro atoms. The molecule has 0 saturated carbocycles.